The van der Waals surface area contributed by atoms with E-state index in [1.165, 1.54) is 13.2 Å². The molecule has 4 nitrogen and oxygen atoms in total. The molecule has 0 radical (unpaired) electrons. The number of fused-ring (bicyclic) bond motifs is 3. The SMILES string of the molecule is COc1c2c(c3c(c1C(F)(F)C#N)CC(C)(C)N=C3c1ccccc1)CC(C)(C)O2. The Morgan fingerprint density at radius 2 is 1.77 bits per heavy atom. The molecule has 30 heavy (non-hydrogen) atoms. The van der Waals surface area contributed by atoms with Crippen LogP contribution in [0.15, 0.2) is 35.3 Å². The van der Waals surface area contributed by atoms with Crippen LogP contribution in [0.1, 0.15) is 55.5 Å². The first kappa shape index (κ1) is 20.3. The van der Waals surface area contributed by atoms with Crippen LogP contribution in [0.5, 0.6) is 11.5 Å². The maximum absolute atomic E-state index is 15.0. The summed E-state index contributed by atoms with van der Waals surface area (Å²) in [6.45, 7) is 7.64. The summed E-state index contributed by atoms with van der Waals surface area (Å²) in [6.07, 6.45) is 0.807. The fraction of sp³-hybridized carbons (Fsp3) is 0.417. The van der Waals surface area contributed by atoms with Crippen molar-refractivity contribution in [2.24, 2.45) is 4.99 Å². The molecular formula is C24H24F2N2O2. The minimum Gasteiger partial charge on any atom is -0.492 e. The summed E-state index contributed by atoms with van der Waals surface area (Å²) in [5.41, 5.74) is 1.75. The van der Waals surface area contributed by atoms with Gasteiger partial charge in [0.2, 0.25) is 0 Å². The second-order valence-electron chi connectivity index (χ2n) is 9.11. The number of alkyl halides is 2. The Morgan fingerprint density at radius 3 is 2.37 bits per heavy atom. The van der Waals surface area contributed by atoms with Crippen LogP contribution in [0.4, 0.5) is 8.78 Å². The largest absolute Gasteiger partial charge is 0.492 e. The molecule has 0 aliphatic carbocycles. The number of ether oxygens (including phenoxy) is 2. The highest BCUT2D eigenvalue weighted by molar-refractivity contribution is 6.16. The molecule has 0 saturated heterocycles. The molecule has 2 heterocycles. The van der Waals surface area contributed by atoms with E-state index in [0.29, 0.717) is 23.3 Å². The molecule has 2 aromatic rings. The highest BCUT2D eigenvalue weighted by Crippen LogP contribution is 2.53. The number of nitrogens with zero attached hydrogens (tertiary/aromatic N) is 2. The van der Waals surface area contributed by atoms with Crippen LogP contribution < -0.4 is 9.47 Å². The molecule has 0 saturated carbocycles. The molecule has 0 atom stereocenters. The van der Waals surface area contributed by atoms with Crippen LogP contribution in [-0.2, 0) is 18.8 Å². The molecule has 2 aliphatic rings. The van der Waals surface area contributed by atoms with E-state index in [9.17, 15) is 5.26 Å². The molecule has 0 unspecified atom stereocenters. The highest BCUT2D eigenvalue weighted by Gasteiger charge is 2.48. The van der Waals surface area contributed by atoms with Crippen LogP contribution in [-0.4, -0.2) is 24.0 Å². The summed E-state index contributed by atoms with van der Waals surface area (Å²) in [7, 11) is 1.34. The van der Waals surface area contributed by atoms with E-state index in [1.807, 2.05) is 58.0 Å². The third-order valence-electron chi connectivity index (χ3n) is 5.56. The monoisotopic (exact) mass is 410 g/mol. The number of aliphatic imine (C=N–C) groups is 1. The lowest BCUT2D eigenvalue weighted by atomic mass is 9.77. The third-order valence-corrected chi connectivity index (χ3v) is 5.56. The molecule has 0 N–H and O–H groups in total. The molecule has 6 heteroatoms. The van der Waals surface area contributed by atoms with Gasteiger partial charge in [-0.1, -0.05) is 30.3 Å². The lowest BCUT2D eigenvalue weighted by molar-refractivity contribution is 0.0557. The zero-order valence-electron chi connectivity index (χ0n) is 17.8. The predicted molar refractivity (Wildman–Crippen MR) is 111 cm³/mol. The fourth-order valence-electron chi connectivity index (χ4n) is 4.50. The summed E-state index contributed by atoms with van der Waals surface area (Å²) in [5, 5.41) is 9.31. The van der Waals surface area contributed by atoms with Gasteiger partial charge in [-0.25, -0.2) is 0 Å². The van der Waals surface area contributed by atoms with Gasteiger partial charge in [0, 0.05) is 23.1 Å². The van der Waals surface area contributed by atoms with E-state index in [4.69, 9.17) is 14.5 Å². The van der Waals surface area contributed by atoms with Gasteiger partial charge < -0.3 is 9.47 Å². The topological polar surface area (TPSA) is 54.6 Å². The molecule has 0 aromatic heterocycles. The molecule has 2 aromatic carbocycles. The van der Waals surface area contributed by atoms with Crippen LogP contribution in [0.25, 0.3) is 0 Å². The first-order valence-corrected chi connectivity index (χ1v) is 9.89. The zero-order chi connectivity index (χ0) is 21.9. The smallest absolute Gasteiger partial charge is 0.361 e. The number of nitriles is 1. The van der Waals surface area contributed by atoms with E-state index in [1.54, 1.807) is 0 Å². The number of hydrogen-bond acceptors (Lipinski definition) is 4. The van der Waals surface area contributed by atoms with Crippen molar-refractivity contribution in [3.8, 4) is 17.6 Å². The van der Waals surface area contributed by atoms with Crippen molar-refractivity contribution in [1.82, 2.24) is 0 Å². The van der Waals surface area contributed by atoms with Gasteiger partial charge in [-0.3, -0.25) is 4.99 Å². The van der Waals surface area contributed by atoms with Gasteiger partial charge in [0.15, 0.2) is 11.5 Å². The van der Waals surface area contributed by atoms with E-state index in [-0.39, 0.29) is 17.9 Å². The summed E-state index contributed by atoms with van der Waals surface area (Å²) in [4.78, 5) is 4.95. The number of rotatable bonds is 3. The van der Waals surface area contributed by atoms with Gasteiger partial charge in [-0.15, -0.1) is 0 Å². The number of hydrogen-bond donors (Lipinski definition) is 0. The van der Waals surface area contributed by atoms with Crippen LogP contribution in [0.3, 0.4) is 0 Å². The van der Waals surface area contributed by atoms with Crippen LogP contribution in [0.2, 0.25) is 0 Å². The summed E-state index contributed by atoms with van der Waals surface area (Å²) in [5.74, 6) is -3.49. The Bertz CT molecular complexity index is 1100. The molecular weight excluding hydrogens is 386 g/mol. The average molecular weight is 410 g/mol. The lowest BCUT2D eigenvalue weighted by Crippen LogP contribution is -2.33. The summed E-state index contributed by atoms with van der Waals surface area (Å²) >= 11 is 0. The van der Waals surface area contributed by atoms with Crippen molar-refractivity contribution >= 4 is 5.71 Å². The van der Waals surface area contributed by atoms with E-state index in [0.717, 1.165) is 11.1 Å². The van der Waals surface area contributed by atoms with Crippen molar-refractivity contribution < 1.29 is 18.3 Å². The van der Waals surface area contributed by atoms with Gasteiger partial charge in [0.25, 0.3) is 0 Å². The highest BCUT2D eigenvalue weighted by atomic mass is 19.3. The zero-order valence-corrected chi connectivity index (χ0v) is 17.8. The van der Waals surface area contributed by atoms with Crippen molar-refractivity contribution in [2.75, 3.05) is 7.11 Å². The minimum atomic E-state index is -3.73. The maximum atomic E-state index is 15.0. The average Bonchev–Trinajstić information content (AvgIpc) is 3.00. The molecule has 156 valence electrons. The van der Waals surface area contributed by atoms with E-state index >= 15 is 8.78 Å². The standard InChI is InChI=1S/C24H24F2N2O2/c1-22(2)11-15-17(19(28-22)14-9-7-6-8-10-14)16-12-23(3,4)30-20(16)21(29-5)18(15)24(25,26)13-27/h6-10H,11-12H2,1-5H3. The van der Waals surface area contributed by atoms with Gasteiger partial charge in [0.05, 0.1) is 23.9 Å². The first-order chi connectivity index (χ1) is 14.0. The van der Waals surface area contributed by atoms with Gasteiger partial charge in [-0.2, -0.15) is 14.0 Å². The molecule has 4 rings (SSSR count). The molecule has 0 fully saturated rings. The molecule has 0 amide bonds. The minimum absolute atomic E-state index is 0.0500. The van der Waals surface area contributed by atoms with E-state index in [2.05, 4.69) is 0 Å². The van der Waals surface area contributed by atoms with Gasteiger partial charge in [0.1, 0.15) is 11.7 Å². The third kappa shape index (κ3) is 3.13. The quantitative estimate of drug-likeness (QED) is 0.699. The Kier molecular flexibility index (Phi) is 4.43. The summed E-state index contributed by atoms with van der Waals surface area (Å²) in [6, 6.07) is 10.7. The van der Waals surface area contributed by atoms with Crippen molar-refractivity contribution in [1.29, 1.82) is 5.26 Å². The van der Waals surface area contributed by atoms with Gasteiger partial charge >= 0.3 is 5.92 Å². The second-order valence-corrected chi connectivity index (χ2v) is 9.11. The Hall–Kier alpha value is -2.94. The van der Waals surface area contributed by atoms with Crippen molar-refractivity contribution in [3.05, 3.63) is 58.1 Å². The Balaban J connectivity index is 2.15. The fourth-order valence-corrected chi connectivity index (χ4v) is 4.50. The van der Waals surface area contributed by atoms with Crippen molar-refractivity contribution in [2.45, 2.75) is 57.6 Å². The molecule has 0 spiro atoms. The lowest BCUT2D eigenvalue weighted by Gasteiger charge is -2.33. The van der Waals surface area contributed by atoms with E-state index < -0.39 is 22.6 Å². The number of methoxy groups -OCH3 is 1. The molecule has 2 aliphatic heterocycles. The second kappa shape index (κ2) is 6.53. The number of benzene rings is 2. The molecule has 0 bridgehead atoms. The van der Waals surface area contributed by atoms with Crippen molar-refractivity contribution in [3.63, 3.8) is 0 Å². The van der Waals surface area contributed by atoms with Gasteiger partial charge in [-0.05, 0) is 39.7 Å². The Morgan fingerprint density at radius 1 is 1.10 bits per heavy atom. The Labute approximate surface area is 175 Å². The normalized spacial score (nSPS) is 18.5. The maximum Gasteiger partial charge on any atom is 0.361 e. The summed E-state index contributed by atoms with van der Waals surface area (Å²) < 4.78 is 41.6. The van der Waals surface area contributed by atoms with Crippen LogP contribution in [0, 0.1) is 11.3 Å². The predicted octanol–water partition coefficient (Wildman–Crippen LogP) is 5.20. The number of halogens is 2. The van der Waals surface area contributed by atoms with Crippen LogP contribution >= 0.6 is 0 Å². The first-order valence-electron chi connectivity index (χ1n) is 9.89.